The van der Waals surface area contributed by atoms with Crippen molar-refractivity contribution in [2.24, 2.45) is 23.2 Å². The van der Waals surface area contributed by atoms with E-state index < -0.39 is 17.3 Å². The number of carbonyl (C=O) groups excluding carboxylic acids is 1. The van der Waals surface area contributed by atoms with E-state index in [-0.39, 0.29) is 11.8 Å². The van der Waals surface area contributed by atoms with Crippen LogP contribution in [0.4, 0.5) is 0 Å². The number of hydrogen-bond donors (Lipinski definition) is 1. The zero-order chi connectivity index (χ0) is 14.2. The highest BCUT2D eigenvalue weighted by Gasteiger charge is 2.66. The lowest BCUT2D eigenvalue weighted by Crippen LogP contribution is -2.41. The standard InChI is InChI=1S/C14H23NO4/c1-14(2)10(11(14)13(17)18)12(16)15-6-4-9(5-7-15)8-19-3/h9-11H,4-8H2,1-3H3,(H,17,18)/t10-,11+/m0/s1. The average molecular weight is 269 g/mol. The topological polar surface area (TPSA) is 66.8 Å². The van der Waals surface area contributed by atoms with Gasteiger partial charge in [0, 0.05) is 26.8 Å². The summed E-state index contributed by atoms with van der Waals surface area (Å²) in [6.07, 6.45) is 1.90. The van der Waals surface area contributed by atoms with E-state index >= 15 is 0 Å². The number of ether oxygens (including phenoxy) is 1. The molecule has 1 heterocycles. The van der Waals surface area contributed by atoms with Crippen molar-refractivity contribution in [2.75, 3.05) is 26.8 Å². The molecule has 0 unspecified atom stereocenters. The maximum Gasteiger partial charge on any atom is 0.307 e. The van der Waals surface area contributed by atoms with E-state index in [1.165, 1.54) is 0 Å². The molecule has 2 atom stereocenters. The number of likely N-dealkylation sites (tertiary alicyclic amines) is 1. The van der Waals surface area contributed by atoms with Crippen LogP contribution in [-0.4, -0.2) is 48.7 Å². The van der Waals surface area contributed by atoms with Crippen LogP contribution in [0, 0.1) is 23.2 Å². The Labute approximate surface area is 113 Å². The van der Waals surface area contributed by atoms with E-state index in [9.17, 15) is 9.59 Å². The number of rotatable bonds is 4. The third kappa shape index (κ3) is 2.61. The fourth-order valence-electron chi connectivity index (χ4n) is 3.31. The Morgan fingerprint density at radius 2 is 1.84 bits per heavy atom. The van der Waals surface area contributed by atoms with Gasteiger partial charge in [0.1, 0.15) is 0 Å². The SMILES string of the molecule is COCC1CCN(C(=O)[C@@H]2[C@H](C(=O)O)C2(C)C)CC1. The average Bonchev–Trinajstić information content (AvgIpc) is 2.93. The lowest BCUT2D eigenvalue weighted by molar-refractivity contribution is -0.142. The zero-order valence-electron chi connectivity index (χ0n) is 11.9. The second-order valence-corrected chi connectivity index (χ2v) is 6.34. The van der Waals surface area contributed by atoms with Gasteiger partial charge in [-0.15, -0.1) is 0 Å². The van der Waals surface area contributed by atoms with Crippen LogP contribution >= 0.6 is 0 Å². The Hall–Kier alpha value is -1.10. The van der Waals surface area contributed by atoms with Crippen LogP contribution in [0.1, 0.15) is 26.7 Å². The predicted octanol–water partition coefficient (Wildman–Crippen LogP) is 1.23. The van der Waals surface area contributed by atoms with Gasteiger partial charge < -0.3 is 14.7 Å². The minimum Gasteiger partial charge on any atom is -0.481 e. The van der Waals surface area contributed by atoms with Crippen molar-refractivity contribution >= 4 is 11.9 Å². The molecule has 19 heavy (non-hydrogen) atoms. The summed E-state index contributed by atoms with van der Waals surface area (Å²) in [6, 6.07) is 0. The molecule has 0 aromatic rings. The third-order valence-corrected chi connectivity index (χ3v) is 4.69. The summed E-state index contributed by atoms with van der Waals surface area (Å²) in [5.41, 5.74) is -0.397. The number of aliphatic carboxylic acids is 1. The predicted molar refractivity (Wildman–Crippen MR) is 69.6 cm³/mol. The smallest absolute Gasteiger partial charge is 0.307 e. The first kappa shape index (κ1) is 14.3. The van der Waals surface area contributed by atoms with E-state index in [1.54, 1.807) is 7.11 Å². The van der Waals surface area contributed by atoms with Gasteiger partial charge in [0.15, 0.2) is 0 Å². The second kappa shape index (κ2) is 5.12. The Kier molecular flexibility index (Phi) is 3.85. The molecular formula is C14H23NO4. The number of carboxylic acids is 1. The largest absolute Gasteiger partial charge is 0.481 e. The summed E-state index contributed by atoms with van der Waals surface area (Å²) in [7, 11) is 1.70. The lowest BCUT2D eigenvalue weighted by Gasteiger charge is -2.32. The van der Waals surface area contributed by atoms with Crippen LogP contribution in [-0.2, 0) is 14.3 Å². The Morgan fingerprint density at radius 3 is 2.26 bits per heavy atom. The lowest BCUT2D eigenvalue weighted by atomic mass is 9.97. The molecule has 5 nitrogen and oxygen atoms in total. The first-order valence-electron chi connectivity index (χ1n) is 6.90. The van der Waals surface area contributed by atoms with E-state index in [1.807, 2.05) is 18.7 Å². The first-order valence-corrected chi connectivity index (χ1v) is 6.90. The molecule has 0 bridgehead atoms. The van der Waals surface area contributed by atoms with Crippen molar-refractivity contribution in [3.8, 4) is 0 Å². The number of carboxylic acid groups (broad SMARTS) is 1. The normalized spacial score (nSPS) is 30.2. The number of nitrogens with zero attached hydrogens (tertiary/aromatic N) is 1. The maximum atomic E-state index is 12.4. The monoisotopic (exact) mass is 269 g/mol. The summed E-state index contributed by atoms with van der Waals surface area (Å²) in [4.78, 5) is 25.3. The van der Waals surface area contributed by atoms with E-state index in [2.05, 4.69) is 0 Å². The minimum absolute atomic E-state index is 0.0215. The molecule has 1 aliphatic heterocycles. The Bertz CT molecular complexity index is 372. The van der Waals surface area contributed by atoms with Gasteiger partial charge in [-0.25, -0.2) is 0 Å². The summed E-state index contributed by atoms with van der Waals surface area (Å²) >= 11 is 0. The molecule has 0 spiro atoms. The summed E-state index contributed by atoms with van der Waals surface area (Å²) in [6.45, 7) is 5.93. The molecule has 2 fully saturated rings. The van der Waals surface area contributed by atoms with Crippen molar-refractivity contribution in [3.63, 3.8) is 0 Å². The molecular weight excluding hydrogens is 246 g/mol. The molecule has 1 saturated carbocycles. The van der Waals surface area contributed by atoms with Gasteiger partial charge in [0.05, 0.1) is 11.8 Å². The van der Waals surface area contributed by atoms with Crippen LogP contribution in [0.3, 0.4) is 0 Å². The van der Waals surface area contributed by atoms with Gasteiger partial charge in [-0.05, 0) is 24.2 Å². The zero-order valence-corrected chi connectivity index (χ0v) is 11.9. The molecule has 1 aliphatic carbocycles. The highest BCUT2D eigenvalue weighted by molar-refractivity contribution is 5.91. The van der Waals surface area contributed by atoms with Crippen molar-refractivity contribution < 1.29 is 19.4 Å². The summed E-state index contributed by atoms with van der Waals surface area (Å²) in [5, 5.41) is 9.13. The number of methoxy groups -OCH3 is 1. The molecule has 0 radical (unpaired) electrons. The molecule has 5 heteroatoms. The highest BCUT2D eigenvalue weighted by atomic mass is 16.5. The van der Waals surface area contributed by atoms with Gasteiger partial charge in [0.2, 0.25) is 5.91 Å². The maximum absolute atomic E-state index is 12.4. The molecule has 1 N–H and O–H groups in total. The Balaban J connectivity index is 1.91. The summed E-state index contributed by atoms with van der Waals surface area (Å²) in [5.74, 6) is -1.16. The van der Waals surface area contributed by atoms with E-state index in [4.69, 9.17) is 9.84 Å². The van der Waals surface area contributed by atoms with Gasteiger partial charge in [-0.2, -0.15) is 0 Å². The number of carbonyl (C=O) groups is 2. The number of piperidine rings is 1. The van der Waals surface area contributed by atoms with Crippen LogP contribution in [0.5, 0.6) is 0 Å². The fraction of sp³-hybridized carbons (Fsp3) is 0.857. The van der Waals surface area contributed by atoms with Gasteiger partial charge in [-0.3, -0.25) is 9.59 Å². The van der Waals surface area contributed by atoms with E-state index in [0.717, 1.165) is 32.5 Å². The quantitative estimate of drug-likeness (QED) is 0.833. The van der Waals surface area contributed by atoms with Crippen LogP contribution in [0.25, 0.3) is 0 Å². The van der Waals surface area contributed by atoms with Crippen LogP contribution in [0.2, 0.25) is 0 Å². The van der Waals surface area contributed by atoms with Crippen molar-refractivity contribution in [2.45, 2.75) is 26.7 Å². The molecule has 0 aromatic heterocycles. The molecule has 2 aliphatic rings. The van der Waals surface area contributed by atoms with Crippen LogP contribution in [0.15, 0.2) is 0 Å². The van der Waals surface area contributed by atoms with Crippen molar-refractivity contribution in [3.05, 3.63) is 0 Å². The van der Waals surface area contributed by atoms with E-state index in [0.29, 0.717) is 5.92 Å². The van der Waals surface area contributed by atoms with Crippen molar-refractivity contribution in [1.82, 2.24) is 4.90 Å². The summed E-state index contributed by atoms with van der Waals surface area (Å²) < 4.78 is 5.14. The van der Waals surface area contributed by atoms with Gasteiger partial charge in [0.25, 0.3) is 0 Å². The molecule has 1 saturated heterocycles. The van der Waals surface area contributed by atoms with Gasteiger partial charge in [-0.1, -0.05) is 13.8 Å². The van der Waals surface area contributed by atoms with Crippen LogP contribution < -0.4 is 0 Å². The van der Waals surface area contributed by atoms with Gasteiger partial charge >= 0.3 is 5.97 Å². The highest BCUT2D eigenvalue weighted by Crippen LogP contribution is 2.59. The fourth-order valence-corrected chi connectivity index (χ4v) is 3.31. The minimum atomic E-state index is -0.849. The number of hydrogen-bond acceptors (Lipinski definition) is 3. The first-order chi connectivity index (χ1) is 8.89. The second-order valence-electron chi connectivity index (χ2n) is 6.34. The molecule has 1 amide bonds. The number of amides is 1. The molecule has 108 valence electrons. The third-order valence-electron chi connectivity index (χ3n) is 4.69. The Morgan fingerprint density at radius 1 is 1.26 bits per heavy atom. The molecule has 2 rings (SSSR count). The van der Waals surface area contributed by atoms with Crippen molar-refractivity contribution in [1.29, 1.82) is 0 Å². The molecule has 0 aromatic carbocycles.